The van der Waals surface area contributed by atoms with Crippen molar-refractivity contribution in [2.75, 3.05) is 20.3 Å². The van der Waals surface area contributed by atoms with E-state index in [0.717, 1.165) is 38.5 Å². The smallest absolute Gasteiger partial charge is 0.328 e. The van der Waals surface area contributed by atoms with E-state index in [0.29, 0.717) is 23.5 Å². The number of nitrogens with zero attached hydrogens (tertiary/aromatic N) is 2. The SMILES string of the molecule is COC(=O)C1CC(O)CN1C(=O)CON=C1C=C[C@@]2(C)C(=C1)CC[C@@H]1[C@@H]2CC[C@@]2(C)[C@H]1CC[C@]2(C)O. The number of fused-ring (bicyclic) bond motifs is 5. The Morgan fingerprint density at radius 1 is 1.17 bits per heavy atom. The molecule has 8 nitrogen and oxygen atoms in total. The van der Waals surface area contributed by atoms with Crippen molar-refractivity contribution < 1.29 is 29.4 Å². The maximum atomic E-state index is 12.6. The van der Waals surface area contributed by atoms with Crippen molar-refractivity contribution in [1.29, 1.82) is 0 Å². The maximum Gasteiger partial charge on any atom is 0.328 e. The molecule has 1 heterocycles. The number of hydrogen-bond donors (Lipinski definition) is 2. The van der Waals surface area contributed by atoms with E-state index in [2.05, 4.69) is 31.2 Å². The number of rotatable bonds is 4. The van der Waals surface area contributed by atoms with Crippen LogP contribution in [0.25, 0.3) is 0 Å². The summed E-state index contributed by atoms with van der Waals surface area (Å²) in [5, 5.41) is 25.2. The van der Waals surface area contributed by atoms with Crippen molar-refractivity contribution in [3.63, 3.8) is 0 Å². The summed E-state index contributed by atoms with van der Waals surface area (Å²) in [6.45, 7) is 6.47. The number of carbonyl (C=O) groups is 2. The zero-order chi connectivity index (χ0) is 25.9. The lowest BCUT2D eigenvalue weighted by Gasteiger charge is -2.58. The van der Waals surface area contributed by atoms with E-state index in [1.54, 1.807) is 0 Å². The standard InChI is InChI=1S/C28H40N2O6/c1-26-10-7-18(29-36-16-24(32)30-15-19(31)14-23(30)25(33)35-4)13-17(26)5-6-20-21(26)8-11-27(2)22(20)9-12-28(27,3)34/h7,10,13,19-23,31,34H,5-6,8-9,11-12,14-16H2,1-4H3/t19?,20-,21+,22+,23?,26+,27+,28+/m1/s1. The lowest BCUT2D eigenvalue weighted by Crippen LogP contribution is -2.53. The van der Waals surface area contributed by atoms with Gasteiger partial charge in [0.1, 0.15) is 11.8 Å². The first-order valence-corrected chi connectivity index (χ1v) is 13.4. The highest BCUT2D eigenvalue weighted by Gasteiger charge is 2.62. The average Bonchev–Trinajstić information content (AvgIpc) is 3.35. The molecule has 8 atom stereocenters. The second-order valence-electron chi connectivity index (χ2n) is 12.2. The fourth-order valence-corrected chi connectivity index (χ4v) is 8.20. The van der Waals surface area contributed by atoms with Crippen LogP contribution in [0, 0.1) is 28.6 Å². The van der Waals surface area contributed by atoms with Gasteiger partial charge in [0.05, 0.1) is 18.8 Å². The summed E-state index contributed by atoms with van der Waals surface area (Å²) in [7, 11) is 1.27. The zero-order valence-electron chi connectivity index (χ0n) is 21.9. The normalized spacial score (nSPS) is 44.5. The van der Waals surface area contributed by atoms with Gasteiger partial charge in [-0.3, -0.25) is 4.79 Å². The Kier molecular flexibility index (Phi) is 6.35. The van der Waals surface area contributed by atoms with Crippen molar-refractivity contribution >= 4 is 17.6 Å². The molecule has 1 aliphatic heterocycles. The van der Waals surface area contributed by atoms with Crippen LogP contribution in [0.15, 0.2) is 29.0 Å². The van der Waals surface area contributed by atoms with E-state index in [1.165, 1.54) is 17.6 Å². The number of hydrogen-bond acceptors (Lipinski definition) is 7. The van der Waals surface area contributed by atoms with Gasteiger partial charge >= 0.3 is 5.97 Å². The Morgan fingerprint density at radius 2 is 1.92 bits per heavy atom. The minimum absolute atomic E-state index is 0.00931. The molecule has 5 aliphatic rings. The molecule has 1 amide bonds. The molecule has 0 aromatic carbocycles. The van der Waals surface area contributed by atoms with Gasteiger partial charge in [-0.1, -0.05) is 30.7 Å². The highest BCUT2D eigenvalue weighted by atomic mass is 16.6. The summed E-state index contributed by atoms with van der Waals surface area (Å²) in [6.07, 6.45) is 12.1. The van der Waals surface area contributed by atoms with Crippen LogP contribution in [-0.4, -0.2) is 70.7 Å². The number of allylic oxidation sites excluding steroid dienone is 4. The molecule has 1 saturated heterocycles. The molecule has 3 saturated carbocycles. The van der Waals surface area contributed by atoms with Crippen molar-refractivity contribution in [1.82, 2.24) is 4.90 Å². The van der Waals surface area contributed by atoms with Gasteiger partial charge in [0.15, 0.2) is 6.61 Å². The first-order valence-electron chi connectivity index (χ1n) is 13.4. The van der Waals surface area contributed by atoms with E-state index in [1.807, 2.05) is 13.0 Å². The Labute approximate surface area is 213 Å². The number of carbonyl (C=O) groups excluding carboxylic acids is 2. The van der Waals surface area contributed by atoms with Gasteiger partial charge in [-0.25, -0.2) is 4.79 Å². The van der Waals surface area contributed by atoms with Gasteiger partial charge in [0.25, 0.3) is 5.91 Å². The predicted molar refractivity (Wildman–Crippen MR) is 134 cm³/mol. The summed E-state index contributed by atoms with van der Waals surface area (Å²) in [6, 6.07) is -0.790. The largest absolute Gasteiger partial charge is 0.467 e. The number of aliphatic hydroxyl groups excluding tert-OH is 1. The van der Waals surface area contributed by atoms with Gasteiger partial charge in [0, 0.05) is 18.4 Å². The highest BCUT2D eigenvalue weighted by molar-refractivity contribution is 6.05. The molecule has 0 radical (unpaired) electrons. The number of ether oxygens (including phenoxy) is 1. The molecule has 0 aromatic rings. The number of β-amino-alcohol motifs (C(OH)–C–C–N with tert-alkyl or cyclic N) is 1. The maximum absolute atomic E-state index is 12.6. The van der Waals surface area contributed by atoms with Crippen LogP contribution in [0.1, 0.15) is 65.7 Å². The van der Waals surface area contributed by atoms with Gasteiger partial charge in [0.2, 0.25) is 0 Å². The summed E-state index contributed by atoms with van der Waals surface area (Å²) in [5.41, 5.74) is 1.47. The quantitative estimate of drug-likeness (QED) is 0.454. The number of esters is 1. The molecule has 2 unspecified atom stereocenters. The first kappa shape index (κ1) is 25.5. The molecule has 8 heteroatoms. The Hall–Kier alpha value is -2.19. The number of likely N-dealkylation sites (tertiary alicyclic amines) is 1. The molecule has 36 heavy (non-hydrogen) atoms. The van der Waals surface area contributed by atoms with Crippen molar-refractivity contribution in [3.8, 4) is 0 Å². The fourth-order valence-electron chi connectivity index (χ4n) is 8.20. The van der Waals surface area contributed by atoms with Crippen molar-refractivity contribution in [2.45, 2.75) is 83.5 Å². The highest BCUT2D eigenvalue weighted by Crippen LogP contribution is 2.66. The molecule has 4 aliphatic carbocycles. The van der Waals surface area contributed by atoms with Crippen LogP contribution in [0.3, 0.4) is 0 Å². The van der Waals surface area contributed by atoms with Crippen LogP contribution >= 0.6 is 0 Å². The molecular formula is C28H40N2O6. The van der Waals surface area contributed by atoms with Crippen LogP contribution in [0.5, 0.6) is 0 Å². The molecule has 0 aromatic heterocycles. The van der Waals surface area contributed by atoms with Crippen LogP contribution in [-0.2, 0) is 19.2 Å². The third-order valence-corrected chi connectivity index (χ3v) is 10.6. The lowest BCUT2D eigenvalue weighted by atomic mass is 9.47. The van der Waals surface area contributed by atoms with E-state index < -0.39 is 29.6 Å². The Morgan fingerprint density at radius 3 is 2.67 bits per heavy atom. The van der Waals surface area contributed by atoms with Gasteiger partial charge in [-0.2, -0.15) is 0 Å². The number of methoxy groups -OCH3 is 1. The Balaban J connectivity index is 1.24. The van der Waals surface area contributed by atoms with Crippen LogP contribution < -0.4 is 0 Å². The number of amides is 1. The van der Waals surface area contributed by atoms with Crippen molar-refractivity contribution in [3.05, 3.63) is 23.8 Å². The van der Waals surface area contributed by atoms with Gasteiger partial charge < -0.3 is 24.7 Å². The monoisotopic (exact) mass is 500 g/mol. The molecular weight excluding hydrogens is 460 g/mol. The van der Waals surface area contributed by atoms with E-state index in [9.17, 15) is 19.8 Å². The van der Waals surface area contributed by atoms with Gasteiger partial charge in [-0.15, -0.1) is 0 Å². The predicted octanol–water partition coefficient (Wildman–Crippen LogP) is 2.98. The molecule has 4 fully saturated rings. The summed E-state index contributed by atoms with van der Waals surface area (Å²) >= 11 is 0. The summed E-state index contributed by atoms with van der Waals surface area (Å²) < 4.78 is 4.76. The number of oxime groups is 1. The average molecular weight is 501 g/mol. The minimum atomic E-state index is -0.790. The summed E-state index contributed by atoms with van der Waals surface area (Å²) in [5.74, 6) is 0.810. The topological polar surface area (TPSA) is 109 Å². The molecule has 0 bridgehead atoms. The molecule has 198 valence electrons. The first-order chi connectivity index (χ1) is 17.0. The molecule has 2 N–H and O–H groups in total. The third-order valence-electron chi connectivity index (χ3n) is 10.6. The zero-order valence-corrected chi connectivity index (χ0v) is 21.9. The van der Waals surface area contributed by atoms with E-state index >= 15 is 0 Å². The van der Waals surface area contributed by atoms with Crippen LogP contribution in [0.2, 0.25) is 0 Å². The third kappa shape index (κ3) is 3.92. The summed E-state index contributed by atoms with van der Waals surface area (Å²) in [4.78, 5) is 31.3. The van der Waals surface area contributed by atoms with E-state index in [4.69, 9.17) is 9.57 Å². The Bertz CT molecular complexity index is 1020. The second kappa shape index (κ2) is 8.98. The molecule has 5 rings (SSSR count). The number of aliphatic hydroxyl groups is 2. The van der Waals surface area contributed by atoms with Gasteiger partial charge in [-0.05, 0) is 80.8 Å². The van der Waals surface area contributed by atoms with Crippen molar-refractivity contribution in [2.24, 2.45) is 33.7 Å². The molecule has 0 spiro atoms. The second-order valence-corrected chi connectivity index (χ2v) is 12.2. The lowest BCUT2D eigenvalue weighted by molar-refractivity contribution is -0.152. The van der Waals surface area contributed by atoms with E-state index in [-0.39, 0.29) is 30.4 Å². The fraction of sp³-hybridized carbons (Fsp3) is 0.750. The minimum Gasteiger partial charge on any atom is -0.467 e. The van der Waals surface area contributed by atoms with Crippen LogP contribution in [0.4, 0.5) is 0 Å².